The molecule has 0 spiro atoms. The lowest BCUT2D eigenvalue weighted by molar-refractivity contribution is 0.0685. The van der Waals surface area contributed by atoms with Crippen molar-refractivity contribution in [2.45, 2.75) is 19.5 Å². The number of halogens is 2. The van der Waals surface area contributed by atoms with Gasteiger partial charge in [0.2, 0.25) is 0 Å². The molecule has 2 aromatic rings. The van der Waals surface area contributed by atoms with Crippen molar-refractivity contribution in [3.8, 4) is 0 Å². The molecule has 1 fully saturated rings. The third-order valence-corrected chi connectivity index (χ3v) is 6.05. The highest BCUT2D eigenvalue weighted by molar-refractivity contribution is 6.31. The van der Waals surface area contributed by atoms with E-state index in [0.29, 0.717) is 37.7 Å². The molecule has 1 atom stereocenters. The molecule has 0 radical (unpaired) electrons. The molecule has 1 aromatic heterocycles. The number of carbonyl (C=O) groups excluding carboxylic acids is 1. The molecule has 0 aliphatic carbocycles. The lowest BCUT2D eigenvalue weighted by Gasteiger charge is -2.37. The monoisotopic (exact) mass is 437 g/mol. The lowest BCUT2D eigenvalue weighted by atomic mass is 10.0. The van der Waals surface area contributed by atoms with Crippen molar-refractivity contribution in [3.05, 3.63) is 61.0 Å². The number of aromatic nitrogens is 2. The Balaban J connectivity index is 1.70. The van der Waals surface area contributed by atoms with Crippen molar-refractivity contribution in [3.63, 3.8) is 0 Å². The number of nitrogens with two attached hydrogens (primary N) is 1. The van der Waals surface area contributed by atoms with Crippen molar-refractivity contribution in [2.75, 3.05) is 31.9 Å². The van der Waals surface area contributed by atoms with Gasteiger partial charge in [-0.2, -0.15) is 0 Å². The molecule has 10 heteroatoms. The van der Waals surface area contributed by atoms with Gasteiger partial charge in [0.1, 0.15) is 17.2 Å². The molecule has 8 nitrogen and oxygen atoms in total. The van der Waals surface area contributed by atoms with Crippen LogP contribution in [0.3, 0.4) is 0 Å². The highest BCUT2D eigenvalue weighted by Crippen LogP contribution is 2.20. The Kier molecular flexibility index (Phi) is 6.44. The summed E-state index contributed by atoms with van der Waals surface area (Å²) >= 11 is 6.11. The summed E-state index contributed by atoms with van der Waals surface area (Å²) in [5, 5.41) is 0.391. The van der Waals surface area contributed by atoms with E-state index >= 15 is 0 Å². The number of benzene rings is 1. The van der Waals surface area contributed by atoms with Crippen LogP contribution in [0.2, 0.25) is 5.02 Å². The molecule has 1 unspecified atom stereocenters. The molecule has 0 saturated carbocycles. The number of ketones is 1. The van der Waals surface area contributed by atoms with Crippen LogP contribution in [0, 0.1) is 5.82 Å². The van der Waals surface area contributed by atoms with E-state index in [1.807, 2.05) is 4.90 Å². The highest BCUT2D eigenvalue weighted by Gasteiger charge is 2.30. The van der Waals surface area contributed by atoms with Gasteiger partial charge in [0.15, 0.2) is 5.78 Å². The van der Waals surface area contributed by atoms with Gasteiger partial charge in [-0.05, 0) is 24.6 Å². The molecule has 0 amide bonds. The van der Waals surface area contributed by atoms with E-state index < -0.39 is 23.1 Å². The number of piperazine rings is 1. The summed E-state index contributed by atoms with van der Waals surface area (Å²) in [6.07, 6.45) is 0. The molecule has 162 valence electrons. The van der Waals surface area contributed by atoms with E-state index in [2.05, 4.69) is 4.90 Å². The Morgan fingerprint density at radius 3 is 2.40 bits per heavy atom. The number of hydrogen-bond donors (Lipinski definition) is 1. The number of carbonyl (C=O) groups is 1. The summed E-state index contributed by atoms with van der Waals surface area (Å²) in [5.74, 6) is -0.895. The predicted octanol–water partition coefficient (Wildman–Crippen LogP) is 0.848. The maximum Gasteiger partial charge on any atom is 0.332 e. The molecular weight excluding hydrogens is 413 g/mol. The number of anilines is 1. The second-order valence-electron chi connectivity index (χ2n) is 7.55. The van der Waals surface area contributed by atoms with Crippen LogP contribution in [-0.2, 0) is 20.6 Å². The van der Waals surface area contributed by atoms with Gasteiger partial charge in [-0.1, -0.05) is 17.7 Å². The molecule has 1 saturated heterocycles. The van der Waals surface area contributed by atoms with Gasteiger partial charge in [-0.15, -0.1) is 0 Å². The molecule has 30 heavy (non-hydrogen) atoms. The minimum absolute atomic E-state index is 0.121. The SMILES string of the molecule is CC(C(=O)c1c(N)n(C)c(=O)n(C)c1=O)N1CCN(Cc2ccc(F)cc2Cl)CC1. The fourth-order valence-electron chi connectivity index (χ4n) is 3.67. The molecule has 2 heterocycles. The van der Waals surface area contributed by atoms with Crippen molar-refractivity contribution >= 4 is 23.2 Å². The first-order chi connectivity index (χ1) is 14.1. The maximum absolute atomic E-state index is 13.2. The van der Waals surface area contributed by atoms with Crippen LogP contribution in [0.15, 0.2) is 27.8 Å². The average molecular weight is 438 g/mol. The number of hydrogen-bond acceptors (Lipinski definition) is 6. The van der Waals surface area contributed by atoms with E-state index in [4.69, 9.17) is 17.3 Å². The quantitative estimate of drug-likeness (QED) is 0.697. The topological polar surface area (TPSA) is 93.6 Å². The molecule has 3 rings (SSSR count). The smallest absolute Gasteiger partial charge is 0.332 e. The van der Waals surface area contributed by atoms with Crippen LogP contribution >= 0.6 is 11.6 Å². The molecule has 0 bridgehead atoms. The average Bonchev–Trinajstić information content (AvgIpc) is 2.73. The van der Waals surface area contributed by atoms with E-state index in [0.717, 1.165) is 14.7 Å². The van der Waals surface area contributed by atoms with Crippen LogP contribution < -0.4 is 17.0 Å². The number of Topliss-reactive ketones (excluding diaryl/α,β-unsaturated/α-hetero) is 1. The van der Waals surface area contributed by atoms with Gasteiger partial charge in [0, 0.05) is 51.8 Å². The standard InChI is InChI=1S/C20H25ClFN5O3/c1-12(17(28)16-18(23)24(2)20(30)25(3)19(16)29)27-8-6-26(7-9-27)11-13-4-5-14(22)10-15(13)21/h4-5,10,12H,6-9,11,23H2,1-3H3. The lowest BCUT2D eigenvalue weighted by Crippen LogP contribution is -2.52. The van der Waals surface area contributed by atoms with Crippen LogP contribution in [-0.4, -0.2) is 56.9 Å². The van der Waals surface area contributed by atoms with Crippen LogP contribution in [0.1, 0.15) is 22.8 Å². The summed E-state index contributed by atoms with van der Waals surface area (Å²) in [4.78, 5) is 41.6. The van der Waals surface area contributed by atoms with Crippen molar-refractivity contribution in [1.82, 2.24) is 18.9 Å². The molecule has 2 N–H and O–H groups in total. The molecular formula is C20H25ClFN5O3. The van der Waals surface area contributed by atoms with Crippen molar-refractivity contribution < 1.29 is 9.18 Å². The normalized spacial score (nSPS) is 16.6. The minimum atomic E-state index is -0.683. The van der Waals surface area contributed by atoms with Crippen LogP contribution in [0.4, 0.5) is 10.2 Å². The summed E-state index contributed by atoms with van der Waals surface area (Å²) in [5.41, 5.74) is 5.34. The number of nitrogens with zero attached hydrogens (tertiary/aromatic N) is 4. The Morgan fingerprint density at radius 2 is 1.80 bits per heavy atom. The first-order valence-corrected chi connectivity index (χ1v) is 9.99. The maximum atomic E-state index is 13.2. The first-order valence-electron chi connectivity index (χ1n) is 9.61. The predicted molar refractivity (Wildman–Crippen MR) is 113 cm³/mol. The minimum Gasteiger partial charge on any atom is -0.384 e. The van der Waals surface area contributed by atoms with Gasteiger partial charge in [0.25, 0.3) is 5.56 Å². The Bertz CT molecular complexity index is 1090. The van der Waals surface area contributed by atoms with Crippen LogP contribution in [0.25, 0.3) is 0 Å². The number of rotatable bonds is 5. The Hall–Kier alpha value is -2.49. The fourth-order valence-corrected chi connectivity index (χ4v) is 3.89. The summed E-state index contributed by atoms with van der Waals surface area (Å²) in [7, 11) is 2.75. The highest BCUT2D eigenvalue weighted by atomic mass is 35.5. The van der Waals surface area contributed by atoms with E-state index in [-0.39, 0.29) is 17.2 Å². The zero-order valence-electron chi connectivity index (χ0n) is 17.2. The molecule has 1 aliphatic heterocycles. The number of nitrogen functional groups attached to an aromatic ring is 1. The Labute approximate surface area is 178 Å². The summed E-state index contributed by atoms with van der Waals surface area (Å²) in [6, 6.07) is 3.80. The third kappa shape index (κ3) is 4.19. The van der Waals surface area contributed by atoms with Crippen molar-refractivity contribution in [2.24, 2.45) is 14.1 Å². The summed E-state index contributed by atoms with van der Waals surface area (Å²) in [6.45, 7) is 4.91. The van der Waals surface area contributed by atoms with E-state index in [9.17, 15) is 18.8 Å². The van der Waals surface area contributed by atoms with Gasteiger partial charge in [-0.25, -0.2) is 9.18 Å². The largest absolute Gasteiger partial charge is 0.384 e. The molecule has 1 aliphatic rings. The zero-order chi connectivity index (χ0) is 22.2. The second-order valence-corrected chi connectivity index (χ2v) is 7.96. The van der Waals surface area contributed by atoms with Gasteiger partial charge >= 0.3 is 5.69 Å². The summed E-state index contributed by atoms with van der Waals surface area (Å²) < 4.78 is 15.2. The van der Waals surface area contributed by atoms with Gasteiger partial charge in [0.05, 0.1) is 6.04 Å². The van der Waals surface area contributed by atoms with E-state index in [1.165, 1.54) is 26.2 Å². The zero-order valence-corrected chi connectivity index (χ0v) is 17.9. The van der Waals surface area contributed by atoms with Gasteiger partial charge < -0.3 is 5.73 Å². The third-order valence-electron chi connectivity index (χ3n) is 5.70. The molecule has 1 aromatic carbocycles. The van der Waals surface area contributed by atoms with E-state index in [1.54, 1.807) is 13.0 Å². The Morgan fingerprint density at radius 1 is 1.17 bits per heavy atom. The van der Waals surface area contributed by atoms with Gasteiger partial charge in [-0.3, -0.25) is 28.5 Å². The van der Waals surface area contributed by atoms with Crippen molar-refractivity contribution in [1.29, 1.82) is 0 Å². The second kappa shape index (κ2) is 8.71. The van der Waals surface area contributed by atoms with Crippen LogP contribution in [0.5, 0.6) is 0 Å². The fraction of sp³-hybridized carbons (Fsp3) is 0.450. The first kappa shape index (κ1) is 22.2.